The van der Waals surface area contributed by atoms with E-state index in [1.54, 1.807) is 24.3 Å². The maximum absolute atomic E-state index is 11.8. The second-order valence-electron chi connectivity index (χ2n) is 11.7. The molecule has 0 radical (unpaired) electrons. The Morgan fingerprint density at radius 1 is 0.471 bits per heavy atom. The topological polar surface area (TPSA) is 115 Å². The summed E-state index contributed by atoms with van der Waals surface area (Å²) >= 11 is 0. The molecule has 4 aliphatic heterocycles. The molecule has 2 saturated heterocycles. The summed E-state index contributed by atoms with van der Waals surface area (Å²) in [6.45, 7) is 34.2. The SMILES string of the molecule is C.CC.CC.CC.CC.CC(C)N1C(=O)C=CC1=O.CC(C)N1C(=O)CCC1=O.CC(C)N1C(=O)c2ccccc2C1=O.CC(C)N1CCCC1. The first-order chi connectivity index (χ1) is 23.7. The minimum Gasteiger partial charge on any atom is -0.301 e. The molecule has 0 spiro atoms. The van der Waals surface area contributed by atoms with Crippen LogP contribution in [0.1, 0.15) is 165 Å². The van der Waals surface area contributed by atoms with E-state index in [2.05, 4.69) is 18.7 Å². The molecule has 1 aromatic carbocycles. The molecule has 4 aliphatic rings. The summed E-state index contributed by atoms with van der Waals surface area (Å²) in [6, 6.07) is 7.62. The number of amides is 6. The molecule has 0 saturated carbocycles. The highest BCUT2D eigenvalue weighted by atomic mass is 16.2. The fraction of sp³-hybridized carbons (Fsp3) is 0.659. The van der Waals surface area contributed by atoms with E-state index in [0.717, 1.165) is 6.04 Å². The number of nitrogens with zero attached hydrogens (tertiary/aromatic N) is 4. The molecule has 10 heteroatoms. The molecule has 5 rings (SSSR count). The third kappa shape index (κ3) is 17.4. The van der Waals surface area contributed by atoms with Crippen LogP contribution in [0.25, 0.3) is 0 Å². The maximum Gasteiger partial charge on any atom is 0.261 e. The number of rotatable bonds is 4. The molecule has 4 heterocycles. The van der Waals surface area contributed by atoms with Gasteiger partial charge in [-0.15, -0.1) is 0 Å². The fourth-order valence-corrected chi connectivity index (χ4v) is 5.03. The summed E-state index contributed by atoms with van der Waals surface area (Å²) in [7, 11) is 0. The van der Waals surface area contributed by atoms with Gasteiger partial charge in [0, 0.05) is 49.2 Å². The van der Waals surface area contributed by atoms with E-state index >= 15 is 0 Å². The highest BCUT2D eigenvalue weighted by molar-refractivity contribution is 6.21. The third-order valence-corrected chi connectivity index (χ3v) is 7.18. The minimum atomic E-state index is -0.208. The number of carbonyl (C=O) groups is 6. The Labute approximate surface area is 312 Å². The van der Waals surface area contributed by atoms with E-state index in [9.17, 15) is 28.8 Å². The van der Waals surface area contributed by atoms with Crippen molar-refractivity contribution in [3.63, 3.8) is 0 Å². The first-order valence-electron chi connectivity index (χ1n) is 18.8. The summed E-state index contributed by atoms with van der Waals surface area (Å²) in [6.07, 6.45) is 6.22. The van der Waals surface area contributed by atoms with E-state index < -0.39 is 0 Å². The van der Waals surface area contributed by atoms with E-state index in [1.165, 1.54) is 52.8 Å². The lowest BCUT2D eigenvalue weighted by molar-refractivity contribution is -0.141. The highest BCUT2D eigenvalue weighted by Gasteiger charge is 2.36. The maximum atomic E-state index is 11.8. The van der Waals surface area contributed by atoms with Gasteiger partial charge in [0.05, 0.1) is 11.1 Å². The summed E-state index contributed by atoms with van der Waals surface area (Å²) in [5.41, 5.74) is 1.04. The molecule has 0 N–H and O–H groups in total. The van der Waals surface area contributed by atoms with Crippen LogP contribution < -0.4 is 0 Å². The Hall–Kier alpha value is -3.66. The van der Waals surface area contributed by atoms with Gasteiger partial charge in [-0.25, -0.2) is 0 Å². The number of imide groups is 3. The van der Waals surface area contributed by atoms with Gasteiger partial charge in [0.15, 0.2) is 0 Å². The van der Waals surface area contributed by atoms with E-state index in [0.29, 0.717) is 24.0 Å². The lowest BCUT2D eigenvalue weighted by Gasteiger charge is -2.18. The van der Waals surface area contributed by atoms with Crippen LogP contribution in [0.4, 0.5) is 0 Å². The van der Waals surface area contributed by atoms with E-state index in [1.807, 2.05) is 96.9 Å². The summed E-state index contributed by atoms with van der Waals surface area (Å²) in [5.74, 6) is -0.832. The second-order valence-corrected chi connectivity index (χ2v) is 11.7. The van der Waals surface area contributed by atoms with Crippen LogP contribution in [0.15, 0.2) is 36.4 Å². The lowest BCUT2D eigenvalue weighted by Crippen LogP contribution is -2.36. The molecule has 0 atom stereocenters. The molecule has 0 unspecified atom stereocenters. The Morgan fingerprint density at radius 3 is 1.00 bits per heavy atom. The van der Waals surface area contributed by atoms with Gasteiger partial charge in [-0.2, -0.15) is 0 Å². The molecule has 51 heavy (non-hydrogen) atoms. The van der Waals surface area contributed by atoms with Crippen molar-refractivity contribution in [3.8, 4) is 0 Å². The molecule has 0 aromatic heterocycles. The Balaban J connectivity index is -0.000000273. The van der Waals surface area contributed by atoms with Crippen LogP contribution in [0, 0.1) is 0 Å². The minimum absolute atomic E-state index is 0. The summed E-state index contributed by atoms with van der Waals surface area (Å²) in [5, 5.41) is 0. The second kappa shape index (κ2) is 30.0. The number of fused-ring (bicyclic) bond motifs is 1. The smallest absolute Gasteiger partial charge is 0.261 e. The fourth-order valence-electron chi connectivity index (χ4n) is 5.03. The van der Waals surface area contributed by atoms with Gasteiger partial charge in [0.1, 0.15) is 0 Å². The summed E-state index contributed by atoms with van der Waals surface area (Å²) in [4.78, 5) is 73.4. The molecule has 0 bridgehead atoms. The predicted molar refractivity (Wildman–Crippen MR) is 212 cm³/mol. The monoisotopic (exact) mass is 719 g/mol. The quantitative estimate of drug-likeness (QED) is 0.286. The van der Waals surface area contributed by atoms with Crippen LogP contribution in [-0.4, -0.2) is 92.3 Å². The predicted octanol–water partition coefficient (Wildman–Crippen LogP) is 8.79. The van der Waals surface area contributed by atoms with Gasteiger partial charge >= 0.3 is 0 Å². The Kier molecular flexibility index (Phi) is 31.8. The zero-order valence-electron chi connectivity index (χ0n) is 34.3. The number of carbonyl (C=O) groups excluding carboxylic acids is 6. The number of likely N-dealkylation sites (tertiary alicyclic amines) is 2. The molecule has 1 aromatic rings. The Bertz CT molecular complexity index is 1130. The van der Waals surface area contributed by atoms with Crippen LogP contribution in [0.3, 0.4) is 0 Å². The molecular formula is C41H74N4O6. The van der Waals surface area contributed by atoms with E-state index in [-0.39, 0.29) is 61.0 Å². The van der Waals surface area contributed by atoms with E-state index in [4.69, 9.17) is 0 Å². The van der Waals surface area contributed by atoms with Gasteiger partial charge in [-0.3, -0.25) is 43.5 Å². The number of hydrogen-bond donors (Lipinski definition) is 0. The van der Waals surface area contributed by atoms with Crippen LogP contribution >= 0.6 is 0 Å². The molecule has 2 fully saturated rings. The largest absolute Gasteiger partial charge is 0.301 e. The zero-order chi connectivity index (χ0) is 39.7. The van der Waals surface area contributed by atoms with Crippen molar-refractivity contribution in [1.82, 2.24) is 19.6 Å². The molecule has 294 valence electrons. The zero-order valence-corrected chi connectivity index (χ0v) is 34.3. The van der Waals surface area contributed by atoms with Crippen molar-refractivity contribution in [2.24, 2.45) is 0 Å². The van der Waals surface area contributed by atoms with Gasteiger partial charge in [0.2, 0.25) is 11.8 Å². The lowest BCUT2D eigenvalue weighted by atomic mass is 10.1. The first-order valence-corrected chi connectivity index (χ1v) is 18.8. The van der Waals surface area contributed by atoms with Crippen LogP contribution in [0.5, 0.6) is 0 Å². The van der Waals surface area contributed by atoms with Gasteiger partial charge in [-0.05, 0) is 93.5 Å². The summed E-state index contributed by atoms with van der Waals surface area (Å²) < 4.78 is 0. The van der Waals surface area contributed by atoms with Crippen molar-refractivity contribution >= 4 is 35.4 Å². The molecule has 10 nitrogen and oxygen atoms in total. The first kappa shape index (κ1) is 54.1. The van der Waals surface area contributed by atoms with Crippen molar-refractivity contribution < 1.29 is 28.8 Å². The average molecular weight is 719 g/mol. The highest BCUT2D eigenvalue weighted by Crippen LogP contribution is 2.24. The standard InChI is InChI=1S/C11H11NO2.C7H11NO2.C7H9NO2.C7H15N.4C2H6.CH4/c1-7(2)12-10(13)8-5-3-4-6-9(8)11(12)14;2*1-5(2)8-6(9)3-4-7(8)10;1-7(2)8-5-3-4-6-8;4*1-2;/h3-7H,1-2H3;5H,3-4H2,1-2H3;3-5H,1-2H3;7H,3-6H2,1-2H3;4*1-2H3;1H4. The van der Waals surface area contributed by atoms with Crippen LogP contribution in [0.2, 0.25) is 0 Å². The van der Waals surface area contributed by atoms with Crippen molar-refractivity contribution in [2.45, 2.75) is 168 Å². The number of benzene rings is 1. The average Bonchev–Trinajstić information content (AvgIpc) is 3.89. The van der Waals surface area contributed by atoms with Gasteiger partial charge in [-0.1, -0.05) is 74.9 Å². The Morgan fingerprint density at radius 2 is 0.784 bits per heavy atom. The van der Waals surface area contributed by atoms with Gasteiger partial charge < -0.3 is 4.90 Å². The number of hydrogen-bond acceptors (Lipinski definition) is 7. The molecule has 6 amide bonds. The van der Waals surface area contributed by atoms with Crippen molar-refractivity contribution in [1.29, 1.82) is 0 Å². The normalized spacial score (nSPS) is 15.5. The van der Waals surface area contributed by atoms with Gasteiger partial charge in [0.25, 0.3) is 23.6 Å². The van der Waals surface area contributed by atoms with Crippen molar-refractivity contribution in [3.05, 3.63) is 47.5 Å². The molecular weight excluding hydrogens is 644 g/mol. The van der Waals surface area contributed by atoms with Crippen LogP contribution in [-0.2, 0) is 19.2 Å². The van der Waals surface area contributed by atoms with Crippen molar-refractivity contribution in [2.75, 3.05) is 13.1 Å². The molecule has 0 aliphatic carbocycles. The third-order valence-electron chi connectivity index (χ3n) is 7.18.